The van der Waals surface area contributed by atoms with Gasteiger partial charge in [0, 0.05) is 25.3 Å². The van der Waals surface area contributed by atoms with Gasteiger partial charge in [0.1, 0.15) is 0 Å². The van der Waals surface area contributed by atoms with Crippen molar-refractivity contribution >= 4 is 23.2 Å². The van der Waals surface area contributed by atoms with Crippen LogP contribution in [0.5, 0.6) is 0 Å². The third-order valence-electron chi connectivity index (χ3n) is 4.13. The fourth-order valence-electron chi connectivity index (χ4n) is 2.85. The van der Waals surface area contributed by atoms with Crippen LogP contribution in [0.4, 0.5) is 5.69 Å². The van der Waals surface area contributed by atoms with E-state index < -0.39 is 0 Å². The van der Waals surface area contributed by atoms with Gasteiger partial charge in [-0.05, 0) is 30.7 Å². The summed E-state index contributed by atoms with van der Waals surface area (Å²) in [4.78, 5) is 14.5. The lowest BCUT2D eigenvalue weighted by Crippen LogP contribution is -2.43. The molecule has 1 N–H and O–H groups in total. The second kappa shape index (κ2) is 8.18. The van der Waals surface area contributed by atoms with Gasteiger partial charge in [0.25, 0.3) is 5.91 Å². The summed E-state index contributed by atoms with van der Waals surface area (Å²) < 4.78 is 5.82. The second-order valence-corrected chi connectivity index (χ2v) is 6.21. The average molecular weight is 345 g/mol. The summed E-state index contributed by atoms with van der Waals surface area (Å²) in [5.74, 6) is -0.142. The van der Waals surface area contributed by atoms with E-state index in [2.05, 4.69) is 22.3 Å². The molecule has 0 aromatic heterocycles. The van der Waals surface area contributed by atoms with Crippen molar-refractivity contribution < 1.29 is 9.53 Å². The number of anilines is 1. The van der Waals surface area contributed by atoms with E-state index in [-0.39, 0.29) is 12.0 Å². The fraction of sp³-hybridized carbons (Fsp3) is 0.316. The number of morpholine rings is 1. The van der Waals surface area contributed by atoms with Crippen LogP contribution in [0.3, 0.4) is 0 Å². The monoisotopic (exact) mass is 344 g/mol. The number of nitrogens with one attached hydrogen (secondary N) is 1. The summed E-state index contributed by atoms with van der Waals surface area (Å²) in [6.07, 6.45) is 0.894. The summed E-state index contributed by atoms with van der Waals surface area (Å²) in [5.41, 5.74) is 1.72. The lowest BCUT2D eigenvalue weighted by molar-refractivity contribution is 0.0354. The number of carbonyl (C=O) groups excluding carboxylic acids is 1. The molecule has 1 aliphatic rings. The third kappa shape index (κ3) is 4.28. The second-order valence-electron chi connectivity index (χ2n) is 5.80. The molecule has 1 fully saturated rings. The molecule has 0 spiro atoms. The van der Waals surface area contributed by atoms with Gasteiger partial charge < -0.3 is 15.0 Å². The SMILES string of the molecule is O=C(NCCC1CN(c2ccccc2)CCO1)c1ccccc1Cl. The van der Waals surface area contributed by atoms with Crippen LogP contribution in [0.15, 0.2) is 54.6 Å². The van der Waals surface area contributed by atoms with Gasteiger partial charge in [-0.2, -0.15) is 0 Å². The van der Waals surface area contributed by atoms with Crippen LogP contribution in [0.2, 0.25) is 5.02 Å². The number of halogens is 1. The maximum absolute atomic E-state index is 12.1. The molecular formula is C19H21ClN2O2. The number of carbonyl (C=O) groups is 1. The zero-order valence-electron chi connectivity index (χ0n) is 13.5. The van der Waals surface area contributed by atoms with Gasteiger partial charge in [0.05, 0.1) is 23.3 Å². The van der Waals surface area contributed by atoms with Gasteiger partial charge in [-0.15, -0.1) is 0 Å². The van der Waals surface area contributed by atoms with Crippen molar-refractivity contribution in [1.82, 2.24) is 5.32 Å². The molecular weight excluding hydrogens is 324 g/mol. The van der Waals surface area contributed by atoms with Gasteiger partial charge in [-0.1, -0.05) is 41.9 Å². The van der Waals surface area contributed by atoms with E-state index in [0.717, 1.165) is 19.5 Å². The molecule has 4 nitrogen and oxygen atoms in total. The largest absolute Gasteiger partial charge is 0.374 e. The predicted molar refractivity (Wildman–Crippen MR) is 96.8 cm³/mol. The normalized spacial score (nSPS) is 17.5. The van der Waals surface area contributed by atoms with Crippen molar-refractivity contribution in [2.45, 2.75) is 12.5 Å². The molecule has 2 aromatic carbocycles. The van der Waals surface area contributed by atoms with Crippen molar-refractivity contribution in [2.24, 2.45) is 0 Å². The molecule has 126 valence electrons. The minimum Gasteiger partial charge on any atom is -0.374 e. The molecule has 1 unspecified atom stereocenters. The molecule has 3 rings (SSSR count). The number of rotatable bonds is 5. The first-order valence-electron chi connectivity index (χ1n) is 8.18. The lowest BCUT2D eigenvalue weighted by atomic mass is 10.1. The van der Waals surface area contributed by atoms with Gasteiger partial charge >= 0.3 is 0 Å². The number of hydrogen-bond acceptors (Lipinski definition) is 3. The Morgan fingerprint density at radius 2 is 1.92 bits per heavy atom. The fourth-order valence-corrected chi connectivity index (χ4v) is 3.08. The number of para-hydroxylation sites is 1. The van der Waals surface area contributed by atoms with E-state index in [0.29, 0.717) is 23.7 Å². The maximum atomic E-state index is 12.1. The highest BCUT2D eigenvalue weighted by molar-refractivity contribution is 6.33. The number of benzene rings is 2. The van der Waals surface area contributed by atoms with E-state index >= 15 is 0 Å². The summed E-state index contributed by atoms with van der Waals surface area (Å²) in [6, 6.07) is 17.4. The van der Waals surface area contributed by atoms with Crippen molar-refractivity contribution in [3.05, 3.63) is 65.2 Å². The van der Waals surface area contributed by atoms with Crippen LogP contribution in [0.25, 0.3) is 0 Å². The summed E-state index contributed by atoms with van der Waals surface area (Å²) in [5, 5.41) is 3.39. The molecule has 2 aromatic rings. The number of ether oxygens (including phenoxy) is 1. The molecule has 1 aliphatic heterocycles. The van der Waals surface area contributed by atoms with E-state index in [1.165, 1.54) is 5.69 Å². The van der Waals surface area contributed by atoms with Crippen LogP contribution >= 0.6 is 11.6 Å². The molecule has 5 heteroatoms. The quantitative estimate of drug-likeness (QED) is 0.904. The van der Waals surface area contributed by atoms with Crippen molar-refractivity contribution in [3.63, 3.8) is 0 Å². The first-order chi connectivity index (χ1) is 11.7. The predicted octanol–water partition coefficient (Wildman–Crippen LogP) is 3.37. The first kappa shape index (κ1) is 16.8. The molecule has 1 atom stereocenters. The molecule has 0 aliphatic carbocycles. The summed E-state index contributed by atoms with van der Waals surface area (Å²) >= 11 is 6.04. The first-order valence-corrected chi connectivity index (χ1v) is 8.56. The molecule has 0 bridgehead atoms. The maximum Gasteiger partial charge on any atom is 0.252 e. The van der Waals surface area contributed by atoms with E-state index in [1.54, 1.807) is 12.1 Å². The zero-order chi connectivity index (χ0) is 16.8. The van der Waals surface area contributed by atoms with Crippen LogP contribution in [0.1, 0.15) is 16.8 Å². The third-order valence-corrected chi connectivity index (χ3v) is 4.46. The molecule has 1 amide bonds. The van der Waals surface area contributed by atoms with Crippen molar-refractivity contribution in [2.75, 3.05) is 31.1 Å². The Labute approximate surface area is 147 Å². The number of nitrogens with zero attached hydrogens (tertiary/aromatic N) is 1. The van der Waals surface area contributed by atoms with Gasteiger partial charge in [0.2, 0.25) is 0 Å². The molecule has 0 saturated carbocycles. The van der Waals surface area contributed by atoms with Crippen LogP contribution in [0, 0.1) is 0 Å². The van der Waals surface area contributed by atoms with E-state index in [4.69, 9.17) is 16.3 Å². The van der Waals surface area contributed by atoms with Gasteiger partial charge in [-0.3, -0.25) is 4.79 Å². The van der Waals surface area contributed by atoms with Crippen LogP contribution in [-0.2, 0) is 4.74 Å². The Bertz CT molecular complexity index is 678. The standard InChI is InChI=1S/C19H21ClN2O2/c20-18-9-5-4-8-17(18)19(23)21-11-10-16-14-22(12-13-24-16)15-6-2-1-3-7-15/h1-9,16H,10-14H2,(H,21,23). The molecule has 1 heterocycles. The topological polar surface area (TPSA) is 41.6 Å². The Hall–Kier alpha value is -2.04. The van der Waals surface area contributed by atoms with Crippen molar-refractivity contribution in [3.8, 4) is 0 Å². The Morgan fingerprint density at radius 1 is 1.17 bits per heavy atom. The van der Waals surface area contributed by atoms with Crippen molar-refractivity contribution in [1.29, 1.82) is 0 Å². The lowest BCUT2D eigenvalue weighted by Gasteiger charge is -2.34. The summed E-state index contributed by atoms with van der Waals surface area (Å²) in [7, 11) is 0. The number of hydrogen-bond donors (Lipinski definition) is 1. The smallest absolute Gasteiger partial charge is 0.252 e. The average Bonchev–Trinajstić information content (AvgIpc) is 2.63. The number of amides is 1. The van der Waals surface area contributed by atoms with E-state index in [1.807, 2.05) is 30.3 Å². The van der Waals surface area contributed by atoms with Crippen LogP contribution < -0.4 is 10.2 Å². The molecule has 0 radical (unpaired) electrons. The Kier molecular flexibility index (Phi) is 5.72. The van der Waals surface area contributed by atoms with Gasteiger partial charge in [-0.25, -0.2) is 0 Å². The Balaban J connectivity index is 1.48. The van der Waals surface area contributed by atoms with E-state index in [9.17, 15) is 4.79 Å². The van der Waals surface area contributed by atoms with Crippen LogP contribution in [-0.4, -0.2) is 38.3 Å². The highest BCUT2D eigenvalue weighted by Gasteiger charge is 2.20. The minimum absolute atomic E-state index is 0.116. The summed E-state index contributed by atoms with van der Waals surface area (Å²) in [6.45, 7) is 3.01. The molecule has 24 heavy (non-hydrogen) atoms. The zero-order valence-corrected chi connectivity index (χ0v) is 14.2. The Morgan fingerprint density at radius 3 is 2.71 bits per heavy atom. The molecule has 1 saturated heterocycles. The highest BCUT2D eigenvalue weighted by atomic mass is 35.5. The highest BCUT2D eigenvalue weighted by Crippen LogP contribution is 2.18. The van der Waals surface area contributed by atoms with Gasteiger partial charge in [0.15, 0.2) is 0 Å². The minimum atomic E-state index is -0.142.